The van der Waals surface area contributed by atoms with Gasteiger partial charge in [-0.1, -0.05) is 19.1 Å². The van der Waals surface area contributed by atoms with Crippen LogP contribution < -0.4 is 5.73 Å². The van der Waals surface area contributed by atoms with Crippen molar-refractivity contribution in [1.29, 1.82) is 0 Å². The SMILES string of the molecule is CCCN(CCc1cccc(F)c1)C(=O)C1(N)CCOCC1. The van der Waals surface area contributed by atoms with E-state index in [2.05, 4.69) is 0 Å². The molecule has 1 aromatic carbocycles. The molecule has 2 rings (SSSR count). The Morgan fingerprint density at radius 2 is 2.09 bits per heavy atom. The van der Waals surface area contributed by atoms with E-state index in [1.165, 1.54) is 12.1 Å². The molecule has 0 radical (unpaired) electrons. The van der Waals surface area contributed by atoms with E-state index in [1.54, 1.807) is 6.07 Å². The third-order valence-electron chi connectivity index (χ3n) is 4.15. The predicted octanol–water partition coefficient (Wildman–Crippen LogP) is 2.11. The highest BCUT2D eigenvalue weighted by Crippen LogP contribution is 2.21. The maximum absolute atomic E-state index is 13.2. The normalized spacial score (nSPS) is 17.2. The van der Waals surface area contributed by atoms with Gasteiger partial charge in [0.25, 0.3) is 0 Å². The van der Waals surface area contributed by atoms with E-state index in [4.69, 9.17) is 10.5 Å². The van der Waals surface area contributed by atoms with Gasteiger partial charge in [0.1, 0.15) is 5.82 Å². The minimum Gasteiger partial charge on any atom is -0.381 e. The zero-order valence-electron chi connectivity index (χ0n) is 13.2. The molecule has 122 valence electrons. The topological polar surface area (TPSA) is 55.6 Å². The van der Waals surface area contributed by atoms with Crippen molar-refractivity contribution in [3.63, 3.8) is 0 Å². The molecule has 1 fully saturated rings. The maximum atomic E-state index is 13.2. The lowest BCUT2D eigenvalue weighted by molar-refractivity contribution is -0.140. The molecule has 1 aliphatic rings. The molecule has 0 saturated carbocycles. The van der Waals surface area contributed by atoms with Crippen molar-refractivity contribution >= 4 is 5.91 Å². The van der Waals surface area contributed by atoms with Crippen LogP contribution in [0.1, 0.15) is 31.7 Å². The van der Waals surface area contributed by atoms with E-state index in [0.29, 0.717) is 45.6 Å². The Bertz CT molecular complexity index is 501. The fourth-order valence-electron chi connectivity index (χ4n) is 2.81. The second kappa shape index (κ2) is 7.70. The summed E-state index contributed by atoms with van der Waals surface area (Å²) in [6.07, 6.45) is 2.63. The van der Waals surface area contributed by atoms with Crippen molar-refractivity contribution in [2.45, 2.75) is 38.1 Å². The third kappa shape index (κ3) is 4.27. The molecule has 0 aliphatic carbocycles. The first-order valence-electron chi connectivity index (χ1n) is 7.95. The van der Waals surface area contributed by atoms with Gasteiger partial charge in [-0.05, 0) is 43.4 Å². The largest absolute Gasteiger partial charge is 0.381 e. The summed E-state index contributed by atoms with van der Waals surface area (Å²) in [5.41, 5.74) is 6.38. The third-order valence-corrected chi connectivity index (χ3v) is 4.15. The Hall–Kier alpha value is -1.46. The first-order chi connectivity index (χ1) is 10.5. The highest BCUT2D eigenvalue weighted by atomic mass is 19.1. The lowest BCUT2D eigenvalue weighted by Gasteiger charge is -2.36. The molecular formula is C17H25FN2O2. The second-order valence-electron chi connectivity index (χ2n) is 5.94. The number of amides is 1. The number of nitrogens with zero attached hydrogens (tertiary/aromatic N) is 1. The Kier molecular flexibility index (Phi) is 5.91. The summed E-state index contributed by atoms with van der Waals surface area (Å²) in [5.74, 6) is -0.250. The summed E-state index contributed by atoms with van der Waals surface area (Å²) in [7, 11) is 0. The molecule has 1 aromatic rings. The van der Waals surface area contributed by atoms with Gasteiger partial charge in [-0.2, -0.15) is 0 Å². The van der Waals surface area contributed by atoms with Crippen LogP contribution in [0.15, 0.2) is 24.3 Å². The van der Waals surface area contributed by atoms with Gasteiger partial charge < -0.3 is 15.4 Å². The lowest BCUT2D eigenvalue weighted by Crippen LogP contribution is -2.58. The van der Waals surface area contributed by atoms with Crippen molar-refractivity contribution in [3.05, 3.63) is 35.6 Å². The number of ether oxygens (including phenoxy) is 1. The number of carbonyl (C=O) groups excluding carboxylic acids is 1. The predicted molar refractivity (Wildman–Crippen MR) is 83.9 cm³/mol. The molecule has 4 nitrogen and oxygen atoms in total. The van der Waals surface area contributed by atoms with Gasteiger partial charge in [-0.15, -0.1) is 0 Å². The molecule has 22 heavy (non-hydrogen) atoms. The van der Waals surface area contributed by atoms with Crippen LogP contribution in [0.2, 0.25) is 0 Å². The maximum Gasteiger partial charge on any atom is 0.242 e. The number of hydrogen-bond acceptors (Lipinski definition) is 3. The average molecular weight is 308 g/mol. The molecule has 0 unspecified atom stereocenters. The van der Waals surface area contributed by atoms with Gasteiger partial charge in [0.2, 0.25) is 5.91 Å². The van der Waals surface area contributed by atoms with Crippen LogP contribution in [0.3, 0.4) is 0 Å². The fraction of sp³-hybridized carbons (Fsp3) is 0.588. The van der Waals surface area contributed by atoms with Crippen molar-refractivity contribution in [2.75, 3.05) is 26.3 Å². The standard InChI is InChI=1S/C17H25FN2O2/c1-2-9-20(10-6-14-4-3-5-15(18)13-14)16(21)17(19)7-11-22-12-8-17/h3-5,13H,2,6-12,19H2,1H3. The van der Waals surface area contributed by atoms with E-state index in [1.807, 2.05) is 17.9 Å². The Morgan fingerprint density at radius 1 is 1.36 bits per heavy atom. The summed E-state index contributed by atoms with van der Waals surface area (Å²) < 4.78 is 18.5. The minimum absolute atomic E-state index is 0.00551. The minimum atomic E-state index is -0.810. The zero-order valence-corrected chi connectivity index (χ0v) is 13.2. The summed E-state index contributed by atoms with van der Waals surface area (Å²) in [5, 5.41) is 0. The van der Waals surface area contributed by atoms with Crippen LogP contribution in [0.5, 0.6) is 0 Å². The zero-order chi connectivity index (χ0) is 16.0. The van der Waals surface area contributed by atoms with Crippen molar-refractivity contribution in [2.24, 2.45) is 5.73 Å². The molecular weight excluding hydrogens is 283 g/mol. The number of nitrogens with two attached hydrogens (primary N) is 1. The van der Waals surface area contributed by atoms with Gasteiger partial charge in [-0.3, -0.25) is 4.79 Å². The number of halogens is 1. The Balaban J connectivity index is 2.00. The highest BCUT2D eigenvalue weighted by molar-refractivity contribution is 5.86. The van der Waals surface area contributed by atoms with Crippen molar-refractivity contribution in [1.82, 2.24) is 4.90 Å². The van der Waals surface area contributed by atoms with E-state index in [0.717, 1.165) is 12.0 Å². The monoisotopic (exact) mass is 308 g/mol. The van der Waals surface area contributed by atoms with Gasteiger partial charge in [0, 0.05) is 26.3 Å². The first kappa shape index (κ1) is 16.9. The summed E-state index contributed by atoms with van der Waals surface area (Å²) >= 11 is 0. The number of benzene rings is 1. The molecule has 1 heterocycles. The van der Waals surface area contributed by atoms with E-state index in [-0.39, 0.29) is 11.7 Å². The van der Waals surface area contributed by atoms with Gasteiger partial charge >= 0.3 is 0 Å². The van der Waals surface area contributed by atoms with Crippen LogP contribution in [0.4, 0.5) is 4.39 Å². The van der Waals surface area contributed by atoms with Crippen molar-refractivity contribution < 1.29 is 13.9 Å². The molecule has 0 bridgehead atoms. The molecule has 1 saturated heterocycles. The summed E-state index contributed by atoms with van der Waals surface area (Å²) in [6, 6.07) is 6.51. The van der Waals surface area contributed by atoms with E-state index < -0.39 is 5.54 Å². The molecule has 0 aromatic heterocycles. The Labute approximate surface area is 131 Å². The Morgan fingerprint density at radius 3 is 2.73 bits per heavy atom. The van der Waals surface area contributed by atoms with Gasteiger partial charge in [0.15, 0.2) is 0 Å². The van der Waals surface area contributed by atoms with E-state index >= 15 is 0 Å². The summed E-state index contributed by atoms with van der Waals surface area (Å²) in [6.45, 7) is 4.34. The fourth-order valence-corrected chi connectivity index (χ4v) is 2.81. The first-order valence-corrected chi connectivity index (χ1v) is 7.95. The van der Waals surface area contributed by atoms with Crippen molar-refractivity contribution in [3.8, 4) is 0 Å². The quantitative estimate of drug-likeness (QED) is 0.876. The van der Waals surface area contributed by atoms with Crippen LogP contribution in [0.25, 0.3) is 0 Å². The lowest BCUT2D eigenvalue weighted by atomic mass is 9.89. The number of carbonyl (C=O) groups is 1. The summed E-state index contributed by atoms with van der Waals surface area (Å²) in [4.78, 5) is 14.6. The molecule has 1 amide bonds. The second-order valence-corrected chi connectivity index (χ2v) is 5.94. The highest BCUT2D eigenvalue weighted by Gasteiger charge is 2.38. The van der Waals surface area contributed by atoms with Crippen LogP contribution in [0, 0.1) is 5.82 Å². The van der Waals surface area contributed by atoms with E-state index in [9.17, 15) is 9.18 Å². The number of rotatable bonds is 6. The average Bonchev–Trinajstić information content (AvgIpc) is 2.51. The number of hydrogen-bond donors (Lipinski definition) is 1. The molecule has 2 N–H and O–H groups in total. The molecule has 5 heteroatoms. The molecule has 1 aliphatic heterocycles. The smallest absolute Gasteiger partial charge is 0.242 e. The van der Waals surface area contributed by atoms with Crippen LogP contribution in [-0.4, -0.2) is 42.6 Å². The van der Waals surface area contributed by atoms with Gasteiger partial charge in [-0.25, -0.2) is 4.39 Å². The molecule has 0 atom stereocenters. The van der Waals surface area contributed by atoms with Crippen LogP contribution >= 0.6 is 0 Å². The van der Waals surface area contributed by atoms with Gasteiger partial charge in [0.05, 0.1) is 5.54 Å². The molecule has 0 spiro atoms. The van der Waals surface area contributed by atoms with Crippen LogP contribution in [-0.2, 0) is 16.0 Å².